The predicted molar refractivity (Wildman–Crippen MR) is 63.8 cm³/mol. The zero-order chi connectivity index (χ0) is 12.4. The third-order valence-corrected chi connectivity index (χ3v) is 3.60. The number of ether oxygens (including phenoxy) is 1. The van der Waals surface area contributed by atoms with Crippen molar-refractivity contribution in [3.63, 3.8) is 0 Å². The summed E-state index contributed by atoms with van der Waals surface area (Å²) in [4.78, 5) is 0. The molecule has 4 atom stereocenters. The van der Waals surface area contributed by atoms with Crippen LogP contribution in [0.15, 0.2) is 4.42 Å². The molecule has 5 heteroatoms. The van der Waals surface area contributed by atoms with Gasteiger partial charge in [-0.3, -0.25) is 0 Å². The number of nitrogens with zero attached hydrogens (tertiary/aromatic N) is 2. The quantitative estimate of drug-likeness (QED) is 0.859. The Bertz CT molecular complexity index is 366. The number of likely N-dealkylation sites (N-methyl/N-ethyl adjacent to an activating group) is 1. The molecule has 0 aliphatic carbocycles. The largest absolute Gasteiger partial charge is 0.425 e. The summed E-state index contributed by atoms with van der Waals surface area (Å²) in [6.45, 7) is 7.20. The Kier molecular flexibility index (Phi) is 3.79. The van der Waals surface area contributed by atoms with E-state index in [4.69, 9.17) is 9.15 Å². The van der Waals surface area contributed by atoms with Crippen LogP contribution in [-0.4, -0.2) is 36.0 Å². The smallest absolute Gasteiger partial charge is 0.222 e. The van der Waals surface area contributed by atoms with Crippen molar-refractivity contribution in [2.45, 2.75) is 45.3 Å². The Balaban J connectivity index is 2.09. The molecule has 2 heterocycles. The van der Waals surface area contributed by atoms with Crippen molar-refractivity contribution < 1.29 is 9.15 Å². The van der Waals surface area contributed by atoms with Crippen molar-refractivity contribution >= 4 is 0 Å². The summed E-state index contributed by atoms with van der Waals surface area (Å²) in [6, 6.07) is 0. The Labute approximate surface area is 102 Å². The van der Waals surface area contributed by atoms with Crippen LogP contribution in [-0.2, 0) is 11.2 Å². The van der Waals surface area contributed by atoms with E-state index in [1.165, 1.54) is 0 Å². The van der Waals surface area contributed by atoms with Crippen molar-refractivity contribution in [1.29, 1.82) is 0 Å². The highest BCUT2D eigenvalue weighted by molar-refractivity contribution is 5.02. The van der Waals surface area contributed by atoms with E-state index in [9.17, 15) is 0 Å². The lowest BCUT2D eigenvalue weighted by Crippen LogP contribution is -2.15. The van der Waals surface area contributed by atoms with E-state index in [2.05, 4.69) is 36.3 Å². The molecular weight excluding hydrogens is 218 g/mol. The summed E-state index contributed by atoms with van der Waals surface area (Å²) in [7, 11) is 1.91. The standard InChI is InChI=1S/C12H21N3O2/c1-7-8(2)16-9(3)11(7)12-15-14-10(17-12)5-6-13-4/h7-9,11,13H,5-6H2,1-4H3. The van der Waals surface area contributed by atoms with Crippen LogP contribution < -0.4 is 5.32 Å². The molecule has 0 saturated carbocycles. The van der Waals surface area contributed by atoms with Gasteiger partial charge in [-0.25, -0.2) is 0 Å². The third-order valence-electron chi connectivity index (χ3n) is 3.60. The van der Waals surface area contributed by atoms with E-state index in [0.717, 1.165) is 18.9 Å². The van der Waals surface area contributed by atoms with Crippen molar-refractivity contribution in [2.75, 3.05) is 13.6 Å². The Morgan fingerprint density at radius 3 is 2.53 bits per heavy atom. The lowest BCUT2D eigenvalue weighted by molar-refractivity contribution is 0.0544. The van der Waals surface area contributed by atoms with E-state index in [1.807, 2.05) is 7.05 Å². The van der Waals surface area contributed by atoms with Gasteiger partial charge in [-0.05, 0) is 26.8 Å². The minimum Gasteiger partial charge on any atom is -0.425 e. The molecule has 1 aliphatic heterocycles. The predicted octanol–water partition coefficient (Wildman–Crippen LogP) is 1.36. The SMILES string of the molecule is CNCCc1nnc(C2C(C)OC(C)C2C)o1. The minimum absolute atomic E-state index is 0.151. The summed E-state index contributed by atoms with van der Waals surface area (Å²) in [5.41, 5.74) is 0. The highest BCUT2D eigenvalue weighted by Gasteiger charge is 2.41. The highest BCUT2D eigenvalue weighted by Crippen LogP contribution is 2.38. The second-order valence-corrected chi connectivity index (χ2v) is 4.82. The van der Waals surface area contributed by atoms with Crippen LogP contribution in [0.25, 0.3) is 0 Å². The van der Waals surface area contributed by atoms with Crippen LogP contribution in [0, 0.1) is 5.92 Å². The molecule has 2 rings (SSSR count). The number of hydrogen-bond acceptors (Lipinski definition) is 5. The molecule has 1 aliphatic rings. The normalized spacial score (nSPS) is 33.2. The topological polar surface area (TPSA) is 60.2 Å². The summed E-state index contributed by atoms with van der Waals surface area (Å²) in [5, 5.41) is 11.3. The van der Waals surface area contributed by atoms with Gasteiger partial charge in [0, 0.05) is 13.0 Å². The van der Waals surface area contributed by atoms with E-state index in [1.54, 1.807) is 0 Å². The molecule has 0 radical (unpaired) electrons. The van der Waals surface area contributed by atoms with E-state index >= 15 is 0 Å². The fourth-order valence-corrected chi connectivity index (χ4v) is 2.43. The van der Waals surface area contributed by atoms with Crippen LogP contribution >= 0.6 is 0 Å². The maximum Gasteiger partial charge on any atom is 0.222 e. The van der Waals surface area contributed by atoms with E-state index in [0.29, 0.717) is 11.8 Å². The van der Waals surface area contributed by atoms with Crippen LogP contribution in [0.2, 0.25) is 0 Å². The molecule has 0 spiro atoms. The van der Waals surface area contributed by atoms with Gasteiger partial charge in [0.25, 0.3) is 0 Å². The minimum atomic E-state index is 0.151. The molecular formula is C12H21N3O2. The first-order valence-corrected chi connectivity index (χ1v) is 6.25. The number of rotatable bonds is 4. The first-order chi connectivity index (χ1) is 8.13. The van der Waals surface area contributed by atoms with Crippen molar-refractivity contribution in [2.24, 2.45) is 5.92 Å². The molecule has 1 saturated heterocycles. The van der Waals surface area contributed by atoms with Gasteiger partial charge in [-0.15, -0.1) is 10.2 Å². The Hall–Kier alpha value is -0.940. The molecule has 0 amide bonds. The van der Waals surface area contributed by atoms with Crippen LogP contribution in [0.1, 0.15) is 38.5 Å². The van der Waals surface area contributed by atoms with Crippen molar-refractivity contribution in [3.8, 4) is 0 Å². The zero-order valence-corrected chi connectivity index (χ0v) is 10.9. The van der Waals surface area contributed by atoms with Gasteiger partial charge in [0.05, 0.1) is 18.1 Å². The van der Waals surface area contributed by atoms with E-state index < -0.39 is 0 Å². The van der Waals surface area contributed by atoms with Gasteiger partial charge in [-0.2, -0.15) is 0 Å². The molecule has 0 bridgehead atoms. The number of hydrogen-bond donors (Lipinski definition) is 1. The third kappa shape index (κ3) is 2.50. The second kappa shape index (κ2) is 5.14. The van der Waals surface area contributed by atoms with Gasteiger partial charge in [0.1, 0.15) is 0 Å². The van der Waals surface area contributed by atoms with Gasteiger partial charge >= 0.3 is 0 Å². The van der Waals surface area contributed by atoms with Crippen LogP contribution in [0.4, 0.5) is 0 Å². The Morgan fingerprint density at radius 1 is 1.18 bits per heavy atom. The lowest BCUT2D eigenvalue weighted by atomic mass is 9.89. The molecule has 1 aromatic rings. The summed E-state index contributed by atoms with van der Waals surface area (Å²) in [6.07, 6.45) is 1.18. The molecule has 1 N–H and O–H groups in total. The van der Waals surface area contributed by atoms with Gasteiger partial charge in [0.2, 0.25) is 11.8 Å². The Morgan fingerprint density at radius 2 is 1.94 bits per heavy atom. The number of aromatic nitrogens is 2. The maximum absolute atomic E-state index is 5.79. The van der Waals surface area contributed by atoms with E-state index in [-0.39, 0.29) is 18.1 Å². The fraction of sp³-hybridized carbons (Fsp3) is 0.833. The van der Waals surface area contributed by atoms with Gasteiger partial charge in [0.15, 0.2) is 0 Å². The molecule has 96 valence electrons. The highest BCUT2D eigenvalue weighted by atomic mass is 16.5. The molecule has 4 unspecified atom stereocenters. The molecule has 1 fully saturated rings. The van der Waals surface area contributed by atoms with Gasteiger partial charge in [-0.1, -0.05) is 6.92 Å². The molecule has 0 aromatic carbocycles. The lowest BCUT2D eigenvalue weighted by Gasteiger charge is -2.13. The maximum atomic E-state index is 5.79. The summed E-state index contributed by atoms with van der Waals surface area (Å²) < 4.78 is 11.5. The first-order valence-electron chi connectivity index (χ1n) is 6.25. The molecule has 17 heavy (non-hydrogen) atoms. The second-order valence-electron chi connectivity index (χ2n) is 4.82. The molecule has 1 aromatic heterocycles. The van der Waals surface area contributed by atoms with Gasteiger partial charge < -0.3 is 14.5 Å². The number of nitrogens with one attached hydrogen (secondary N) is 1. The summed E-state index contributed by atoms with van der Waals surface area (Å²) >= 11 is 0. The average Bonchev–Trinajstić information content (AvgIpc) is 2.83. The first kappa shape index (κ1) is 12.5. The monoisotopic (exact) mass is 239 g/mol. The van der Waals surface area contributed by atoms with Crippen molar-refractivity contribution in [1.82, 2.24) is 15.5 Å². The average molecular weight is 239 g/mol. The fourth-order valence-electron chi connectivity index (χ4n) is 2.43. The van der Waals surface area contributed by atoms with Crippen molar-refractivity contribution in [3.05, 3.63) is 11.8 Å². The molecule has 5 nitrogen and oxygen atoms in total. The zero-order valence-electron chi connectivity index (χ0n) is 10.9. The van der Waals surface area contributed by atoms with Crippen LogP contribution in [0.5, 0.6) is 0 Å². The van der Waals surface area contributed by atoms with Crippen LogP contribution in [0.3, 0.4) is 0 Å². The summed E-state index contributed by atoms with van der Waals surface area (Å²) in [5.74, 6) is 2.07.